The lowest BCUT2D eigenvalue weighted by atomic mass is 9.94. The molecule has 0 aromatic heterocycles. The summed E-state index contributed by atoms with van der Waals surface area (Å²) < 4.78 is 24.1. The molecule has 7 nitrogen and oxygen atoms in total. The van der Waals surface area contributed by atoms with Crippen LogP contribution in [-0.4, -0.2) is 30.8 Å². The lowest BCUT2D eigenvalue weighted by Gasteiger charge is -2.35. The molecule has 0 saturated heterocycles. The summed E-state index contributed by atoms with van der Waals surface area (Å²) in [7, 11) is 3.01. The highest BCUT2D eigenvalue weighted by Crippen LogP contribution is 2.42. The highest BCUT2D eigenvalue weighted by atomic mass is 19.1. The van der Waals surface area contributed by atoms with Crippen LogP contribution in [0.15, 0.2) is 30.3 Å². The minimum Gasteiger partial charge on any atom is -0.496 e. The molecule has 1 atom stereocenters. The molecule has 0 amide bonds. The van der Waals surface area contributed by atoms with Crippen LogP contribution in [-0.2, 0) is 6.54 Å². The van der Waals surface area contributed by atoms with Gasteiger partial charge in [0.1, 0.15) is 29.1 Å². The van der Waals surface area contributed by atoms with Gasteiger partial charge in [-0.05, 0) is 24.3 Å². The number of anilines is 1. The number of hydrogen-bond acceptors (Lipinski definition) is 6. The Hall–Kier alpha value is -2.87. The molecule has 25 heavy (non-hydrogen) atoms. The first-order valence-electron chi connectivity index (χ1n) is 7.57. The molecule has 1 unspecified atom stereocenters. The Kier molecular flexibility index (Phi) is 4.45. The number of methoxy groups -OCH3 is 2. The van der Waals surface area contributed by atoms with Gasteiger partial charge in [-0.1, -0.05) is 0 Å². The number of fused-ring (bicyclic) bond motifs is 1. The Bertz CT molecular complexity index is 827. The fourth-order valence-electron chi connectivity index (χ4n) is 3.17. The van der Waals surface area contributed by atoms with Crippen molar-refractivity contribution in [2.75, 3.05) is 25.7 Å². The number of ether oxygens (including phenoxy) is 2. The van der Waals surface area contributed by atoms with E-state index >= 15 is 0 Å². The van der Waals surface area contributed by atoms with Crippen LogP contribution in [0.4, 0.5) is 15.8 Å². The van der Waals surface area contributed by atoms with E-state index in [4.69, 9.17) is 9.47 Å². The minimum absolute atomic E-state index is 0.114. The van der Waals surface area contributed by atoms with E-state index in [1.165, 1.54) is 20.3 Å². The topological polar surface area (TPSA) is 85.1 Å². The lowest BCUT2D eigenvalue weighted by molar-refractivity contribution is -0.384. The lowest BCUT2D eigenvalue weighted by Crippen LogP contribution is -2.34. The number of halogens is 1. The molecule has 0 spiro atoms. The third-order valence-corrected chi connectivity index (χ3v) is 4.26. The molecule has 1 heterocycles. The van der Waals surface area contributed by atoms with Crippen LogP contribution in [0.2, 0.25) is 0 Å². The second-order valence-corrected chi connectivity index (χ2v) is 5.65. The van der Waals surface area contributed by atoms with E-state index in [1.54, 1.807) is 17.0 Å². The molecule has 2 aromatic carbocycles. The number of β-amino-alcohol motifs (C(OH)–C–C–N with tert-alkyl or cyclic N) is 1. The number of rotatable bonds is 4. The number of aliphatic hydroxyl groups excluding tert-OH is 1. The summed E-state index contributed by atoms with van der Waals surface area (Å²) in [6.07, 6.45) is -0.932. The largest absolute Gasteiger partial charge is 0.496 e. The molecular formula is C17H17FN2O5. The van der Waals surface area contributed by atoms with Crippen LogP contribution in [0.1, 0.15) is 17.2 Å². The number of nitrogens with zero attached hydrogens (tertiary/aromatic N) is 2. The molecule has 3 rings (SSSR count). The predicted octanol–water partition coefficient (Wildman–Crippen LogP) is 2.80. The Morgan fingerprint density at radius 2 is 1.92 bits per heavy atom. The van der Waals surface area contributed by atoms with Gasteiger partial charge in [-0.15, -0.1) is 0 Å². The smallest absolute Gasteiger partial charge is 0.295 e. The standard InChI is InChI=1S/C17H17FN2O5/c1-24-15-5-6-16(25-2)17-11(15)8-19(9-14(17)21)12-4-3-10(18)7-13(12)20(22)23/h3-7,14,21H,8-9H2,1-2H3. The van der Waals surface area contributed by atoms with E-state index in [0.29, 0.717) is 22.6 Å². The minimum atomic E-state index is -0.932. The van der Waals surface area contributed by atoms with Gasteiger partial charge in [0.25, 0.3) is 5.69 Å². The van der Waals surface area contributed by atoms with Gasteiger partial charge in [0.15, 0.2) is 0 Å². The Labute approximate surface area is 143 Å². The molecule has 2 aromatic rings. The normalized spacial score (nSPS) is 16.3. The Morgan fingerprint density at radius 3 is 2.56 bits per heavy atom. The summed E-state index contributed by atoms with van der Waals surface area (Å²) >= 11 is 0. The van der Waals surface area contributed by atoms with Crippen LogP contribution in [0.3, 0.4) is 0 Å². The zero-order valence-corrected chi connectivity index (χ0v) is 13.7. The monoisotopic (exact) mass is 348 g/mol. The molecule has 0 radical (unpaired) electrons. The van der Waals surface area contributed by atoms with Crippen molar-refractivity contribution in [1.29, 1.82) is 0 Å². The second-order valence-electron chi connectivity index (χ2n) is 5.65. The Balaban J connectivity index is 2.09. The van der Waals surface area contributed by atoms with Crippen LogP contribution < -0.4 is 14.4 Å². The summed E-state index contributed by atoms with van der Waals surface area (Å²) in [6, 6.07) is 6.80. The first-order valence-corrected chi connectivity index (χ1v) is 7.57. The zero-order valence-electron chi connectivity index (χ0n) is 13.7. The molecule has 0 aliphatic carbocycles. The van der Waals surface area contributed by atoms with Gasteiger partial charge in [0, 0.05) is 24.2 Å². The van der Waals surface area contributed by atoms with Gasteiger partial charge in [0.2, 0.25) is 0 Å². The molecule has 132 valence electrons. The van der Waals surface area contributed by atoms with E-state index in [2.05, 4.69) is 0 Å². The van der Waals surface area contributed by atoms with Crippen molar-refractivity contribution in [3.8, 4) is 11.5 Å². The molecule has 1 N–H and O–H groups in total. The summed E-state index contributed by atoms with van der Waals surface area (Å²) in [5.74, 6) is 0.383. The maximum atomic E-state index is 13.4. The molecule has 0 bridgehead atoms. The van der Waals surface area contributed by atoms with Gasteiger partial charge in [0.05, 0.1) is 25.2 Å². The van der Waals surface area contributed by atoms with Gasteiger partial charge >= 0.3 is 0 Å². The van der Waals surface area contributed by atoms with Crippen molar-refractivity contribution < 1.29 is 23.9 Å². The van der Waals surface area contributed by atoms with Crippen LogP contribution in [0.5, 0.6) is 11.5 Å². The number of nitro benzene ring substituents is 1. The van der Waals surface area contributed by atoms with Crippen molar-refractivity contribution in [3.63, 3.8) is 0 Å². The highest BCUT2D eigenvalue weighted by molar-refractivity contribution is 5.66. The highest BCUT2D eigenvalue weighted by Gasteiger charge is 2.32. The molecule has 8 heteroatoms. The zero-order chi connectivity index (χ0) is 18.1. The van der Waals surface area contributed by atoms with Crippen molar-refractivity contribution in [3.05, 3.63) is 57.4 Å². The van der Waals surface area contributed by atoms with E-state index in [9.17, 15) is 19.6 Å². The van der Waals surface area contributed by atoms with Crippen molar-refractivity contribution in [2.45, 2.75) is 12.6 Å². The summed E-state index contributed by atoms with van der Waals surface area (Å²) in [5, 5.41) is 21.9. The van der Waals surface area contributed by atoms with Gasteiger partial charge in [-0.25, -0.2) is 4.39 Å². The summed E-state index contributed by atoms with van der Waals surface area (Å²) in [4.78, 5) is 12.3. The average molecular weight is 348 g/mol. The van der Waals surface area contributed by atoms with Gasteiger partial charge in [-0.2, -0.15) is 0 Å². The van der Waals surface area contributed by atoms with Gasteiger partial charge < -0.3 is 19.5 Å². The van der Waals surface area contributed by atoms with Crippen molar-refractivity contribution in [2.24, 2.45) is 0 Å². The maximum absolute atomic E-state index is 13.4. The molecular weight excluding hydrogens is 331 g/mol. The van der Waals surface area contributed by atoms with Crippen molar-refractivity contribution >= 4 is 11.4 Å². The molecule has 1 aliphatic heterocycles. The fraction of sp³-hybridized carbons (Fsp3) is 0.294. The van der Waals surface area contributed by atoms with E-state index < -0.39 is 16.8 Å². The molecule has 0 saturated carbocycles. The van der Waals surface area contributed by atoms with Crippen LogP contribution in [0, 0.1) is 15.9 Å². The van der Waals surface area contributed by atoms with E-state index in [1.807, 2.05) is 0 Å². The molecule has 0 fully saturated rings. The summed E-state index contributed by atoms with van der Waals surface area (Å²) in [5.41, 5.74) is 1.17. The number of nitro groups is 1. The first-order chi connectivity index (χ1) is 12.0. The van der Waals surface area contributed by atoms with Gasteiger partial charge in [-0.3, -0.25) is 10.1 Å². The van der Waals surface area contributed by atoms with Crippen molar-refractivity contribution in [1.82, 2.24) is 0 Å². The maximum Gasteiger partial charge on any atom is 0.295 e. The number of benzene rings is 2. The first kappa shape index (κ1) is 17.0. The third kappa shape index (κ3) is 2.96. The predicted molar refractivity (Wildman–Crippen MR) is 88.6 cm³/mol. The SMILES string of the molecule is COc1ccc(OC)c2c1CN(c1ccc(F)cc1[N+](=O)[O-])CC2O. The van der Waals surface area contributed by atoms with Crippen LogP contribution >= 0.6 is 0 Å². The van der Waals surface area contributed by atoms with E-state index in [0.717, 1.165) is 12.1 Å². The average Bonchev–Trinajstić information content (AvgIpc) is 2.60. The number of hydrogen-bond donors (Lipinski definition) is 1. The third-order valence-electron chi connectivity index (χ3n) is 4.26. The second kappa shape index (κ2) is 6.56. The Morgan fingerprint density at radius 1 is 1.24 bits per heavy atom. The quantitative estimate of drug-likeness (QED) is 0.675. The fourth-order valence-corrected chi connectivity index (χ4v) is 3.17. The van der Waals surface area contributed by atoms with Crippen LogP contribution in [0.25, 0.3) is 0 Å². The number of aliphatic hydroxyl groups is 1. The molecule has 1 aliphatic rings. The van der Waals surface area contributed by atoms with E-state index in [-0.39, 0.29) is 24.5 Å². The summed E-state index contributed by atoms with van der Waals surface area (Å²) in [6.45, 7) is 0.377.